The molecule has 2 aromatic carbocycles. The number of aromatic nitrogens is 1. The van der Waals surface area contributed by atoms with Gasteiger partial charge in [-0.3, -0.25) is 4.79 Å². The predicted molar refractivity (Wildman–Crippen MR) is 111 cm³/mol. The molecule has 1 heterocycles. The Hall–Kier alpha value is -3.16. The molecule has 0 aliphatic heterocycles. The highest BCUT2D eigenvalue weighted by molar-refractivity contribution is 6.04. The summed E-state index contributed by atoms with van der Waals surface area (Å²) in [5.74, 6) is 0.482. The van der Waals surface area contributed by atoms with E-state index in [2.05, 4.69) is 10.3 Å². The van der Waals surface area contributed by atoms with Crippen molar-refractivity contribution in [2.45, 2.75) is 50.8 Å². The summed E-state index contributed by atoms with van der Waals surface area (Å²) in [6.45, 7) is 1.90. The maximum Gasteiger partial charge on any atom is 0.416 e. The van der Waals surface area contributed by atoms with Gasteiger partial charge in [0.15, 0.2) is 0 Å². The monoisotopic (exact) mass is 432 g/mol. The van der Waals surface area contributed by atoms with E-state index in [1.165, 1.54) is 12.1 Å². The van der Waals surface area contributed by atoms with Crippen LogP contribution in [0.3, 0.4) is 0 Å². The first-order valence-electron chi connectivity index (χ1n) is 10.2. The molecule has 3 aromatic rings. The maximum absolute atomic E-state index is 12.7. The quantitative estimate of drug-likeness (QED) is 0.450. The Labute approximate surface area is 177 Å². The van der Waals surface area contributed by atoms with E-state index in [-0.39, 0.29) is 23.8 Å². The van der Waals surface area contributed by atoms with E-state index in [0.717, 1.165) is 17.7 Å². The molecule has 5 nitrogen and oxygen atoms in total. The number of halogens is 3. The Balaban J connectivity index is 1.41. The van der Waals surface area contributed by atoms with Gasteiger partial charge in [-0.1, -0.05) is 19.1 Å². The molecule has 0 saturated heterocycles. The molecule has 0 bridgehead atoms. The third-order valence-corrected chi connectivity index (χ3v) is 5.60. The Morgan fingerprint density at radius 3 is 2.55 bits per heavy atom. The van der Waals surface area contributed by atoms with E-state index < -0.39 is 11.7 Å². The van der Waals surface area contributed by atoms with Crippen molar-refractivity contribution in [1.82, 2.24) is 4.98 Å². The van der Waals surface area contributed by atoms with Gasteiger partial charge in [0, 0.05) is 11.8 Å². The van der Waals surface area contributed by atoms with E-state index >= 15 is 0 Å². The van der Waals surface area contributed by atoms with Crippen molar-refractivity contribution >= 4 is 22.5 Å². The highest BCUT2D eigenvalue weighted by atomic mass is 19.4. The van der Waals surface area contributed by atoms with Crippen LogP contribution in [0.4, 0.5) is 18.9 Å². The molecule has 1 amide bonds. The lowest BCUT2D eigenvalue weighted by molar-refractivity contribution is -0.137. The molecule has 4 rings (SSSR count). The van der Waals surface area contributed by atoms with E-state index in [0.29, 0.717) is 48.0 Å². The summed E-state index contributed by atoms with van der Waals surface area (Å²) in [5.41, 5.74) is 1.23. The number of anilines is 1. The molecular weight excluding hydrogens is 409 g/mol. The van der Waals surface area contributed by atoms with Crippen molar-refractivity contribution in [3.8, 4) is 11.6 Å². The summed E-state index contributed by atoms with van der Waals surface area (Å²) in [4.78, 5) is 14.8. The third-order valence-electron chi connectivity index (χ3n) is 5.60. The van der Waals surface area contributed by atoms with Crippen LogP contribution in [0.5, 0.6) is 11.6 Å². The van der Waals surface area contributed by atoms with E-state index in [1.54, 1.807) is 18.2 Å². The lowest BCUT2D eigenvalue weighted by Crippen LogP contribution is -2.32. The van der Waals surface area contributed by atoms with Crippen molar-refractivity contribution < 1.29 is 27.8 Å². The normalized spacial score (nSPS) is 18.6. The first-order chi connectivity index (χ1) is 14.7. The minimum atomic E-state index is -4.33. The van der Waals surface area contributed by atoms with Crippen LogP contribution >= 0.6 is 0 Å². The zero-order valence-electron chi connectivity index (χ0n) is 16.9. The topological polar surface area (TPSA) is 74.4 Å². The Morgan fingerprint density at radius 1 is 1.19 bits per heavy atom. The van der Waals surface area contributed by atoms with E-state index in [4.69, 9.17) is 4.74 Å². The number of benzene rings is 2. The van der Waals surface area contributed by atoms with Gasteiger partial charge in [0.05, 0.1) is 17.2 Å². The molecule has 164 valence electrons. The largest absolute Gasteiger partial charge is 0.493 e. The van der Waals surface area contributed by atoms with Crippen molar-refractivity contribution in [3.05, 3.63) is 53.6 Å². The van der Waals surface area contributed by atoms with Gasteiger partial charge in [-0.25, -0.2) is 0 Å². The lowest BCUT2D eigenvalue weighted by Gasteiger charge is -2.35. The number of aromatic hydroxyl groups is 1. The number of alkyl halides is 3. The van der Waals surface area contributed by atoms with Gasteiger partial charge in [-0.2, -0.15) is 13.2 Å². The number of rotatable bonds is 6. The number of amides is 1. The van der Waals surface area contributed by atoms with Crippen molar-refractivity contribution in [1.29, 1.82) is 0 Å². The number of fused-ring (bicyclic) bond motifs is 1. The summed E-state index contributed by atoms with van der Waals surface area (Å²) < 4.78 is 44.1. The highest BCUT2D eigenvalue weighted by Crippen LogP contribution is 2.41. The van der Waals surface area contributed by atoms with Crippen molar-refractivity contribution in [2.75, 3.05) is 5.32 Å². The Morgan fingerprint density at radius 2 is 1.90 bits per heavy atom. The van der Waals surface area contributed by atoms with Gasteiger partial charge < -0.3 is 20.1 Å². The molecule has 1 saturated carbocycles. The fourth-order valence-electron chi connectivity index (χ4n) is 3.86. The minimum absolute atomic E-state index is 0.0459. The molecular formula is C23H23F3N2O3. The number of hydrogen-bond donors (Lipinski definition) is 3. The molecule has 0 unspecified atom stereocenters. The van der Waals surface area contributed by atoms with Crippen molar-refractivity contribution in [2.24, 2.45) is 0 Å². The van der Waals surface area contributed by atoms with Crippen LogP contribution in [-0.2, 0) is 11.0 Å². The summed E-state index contributed by atoms with van der Waals surface area (Å²) in [7, 11) is 0. The summed E-state index contributed by atoms with van der Waals surface area (Å²) in [6, 6.07) is 10.6. The van der Waals surface area contributed by atoms with Gasteiger partial charge in [0.1, 0.15) is 11.4 Å². The van der Waals surface area contributed by atoms with Gasteiger partial charge in [0.2, 0.25) is 11.8 Å². The first kappa shape index (κ1) is 21.1. The van der Waals surface area contributed by atoms with Crippen LogP contribution in [0.1, 0.15) is 49.7 Å². The van der Waals surface area contributed by atoms with Crippen LogP contribution in [0.2, 0.25) is 0 Å². The minimum Gasteiger partial charge on any atom is -0.493 e. The molecule has 1 fully saturated rings. The van der Waals surface area contributed by atoms with Crippen LogP contribution in [0, 0.1) is 0 Å². The fraction of sp³-hybridized carbons (Fsp3) is 0.348. The van der Waals surface area contributed by atoms with Crippen LogP contribution in [0.15, 0.2) is 42.5 Å². The number of H-pyrrole nitrogens is 1. The number of hydrogen-bond acceptors (Lipinski definition) is 3. The van der Waals surface area contributed by atoms with Crippen LogP contribution in [0.25, 0.3) is 10.9 Å². The van der Waals surface area contributed by atoms with E-state index in [1.807, 2.05) is 6.92 Å². The predicted octanol–water partition coefficient (Wildman–Crippen LogP) is 5.96. The molecule has 3 N–H and O–H groups in total. The number of aromatic amines is 1. The zero-order chi connectivity index (χ0) is 22.2. The number of ether oxygens (including phenoxy) is 1. The van der Waals surface area contributed by atoms with Gasteiger partial charge in [0.25, 0.3) is 0 Å². The zero-order valence-corrected chi connectivity index (χ0v) is 16.9. The standard InChI is InChI=1S/C23H23F3N2O3/c1-2-3-20(29)28-21-18-12-16(8-9-19(18)27-22(21)30)31-17-10-14(11-17)13-4-6-15(7-5-13)23(24,25)26/h4-9,12,14,17,27,30H,2-3,10-11H2,1H3,(H,28,29). The maximum atomic E-state index is 12.7. The molecule has 0 spiro atoms. The molecule has 0 radical (unpaired) electrons. The molecule has 1 aromatic heterocycles. The van der Waals surface area contributed by atoms with Crippen LogP contribution < -0.4 is 10.1 Å². The van der Waals surface area contributed by atoms with Crippen molar-refractivity contribution in [3.63, 3.8) is 0 Å². The molecule has 31 heavy (non-hydrogen) atoms. The number of carbonyl (C=O) groups excluding carboxylic acids is 1. The SMILES string of the molecule is CCCC(=O)Nc1c(O)[nH]c2ccc(OC3CC(c4ccc(C(F)(F)F)cc4)C3)cc12. The molecule has 1 aliphatic carbocycles. The smallest absolute Gasteiger partial charge is 0.416 e. The van der Waals surface area contributed by atoms with Gasteiger partial charge >= 0.3 is 6.18 Å². The third kappa shape index (κ3) is 4.47. The number of carbonyl (C=O) groups is 1. The average molecular weight is 432 g/mol. The van der Waals surface area contributed by atoms with Crippen LogP contribution in [-0.4, -0.2) is 22.1 Å². The second kappa shape index (κ2) is 8.17. The molecule has 0 atom stereocenters. The fourth-order valence-corrected chi connectivity index (χ4v) is 3.86. The average Bonchev–Trinajstić information content (AvgIpc) is 2.99. The van der Waals surface area contributed by atoms with Gasteiger partial charge in [-0.15, -0.1) is 0 Å². The summed E-state index contributed by atoms with van der Waals surface area (Å²) >= 11 is 0. The first-order valence-corrected chi connectivity index (χ1v) is 10.2. The summed E-state index contributed by atoms with van der Waals surface area (Å²) in [5, 5.41) is 13.5. The Bertz CT molecular complexity index is 1080. The van der Waals surface area contributed by atoms with E-state index in [9.17, 15) is 23.1 Å². The second-order valence-corrected chi connectivity index (χ2v) is 7.88. The Kier molecular flexibility index (Phi) is 5.56. The number of nitrogens with one attached hydrogen (secondary N) is 2. The summed E-state index contributed by atoms with van der Waals surface area (Å²) in [6.07, 6.45) is -1.90. The van der Waals surface area contributed by atoms with Gasteiger partial charge in [-0.05, 0) is 61.1 Å². The lowest BCUT2D eigenvalue weighted by atomic mass is 9.77. The highest BCUT2D eigenvalue weighted by Gasteiger charge is 2.34. The second-order valence-electron chi connectivity index (χ2n) is 7.88. The molecule has 8 heteroatoms. The molecule has 1 aliphatic rings.